The number of benzene rings is 2. The van der Waals surface area contributed by atoms with Crippen molar-refractivity contribution in [2.75, 3.05) is 13.7 Å². The third-order valence-corrected chi connectivity index (χ3v) is 7.52. The molecular weight excluding hydrogens is 592 g/mol. The van der Waals surface area contributed by atoms with E-state index >= 15 is 0 Å². The van der Waals surface area contributed by atoms with Crippen molar-refractivity contribution >= 4 is 11.0 Å². The molecule has 1 unspecified atom stereocenters. The first kappa shape index (κ1) is 31.7. The summed E-state index contributed by atoms with van der Waals surface area (Å²) in [5.74, 6) is -2.34. The van der Waals surface area contributed by atoms with Crippen molar-refractivity contribution in [3.8, 4) is 40.1 Å². The lowest BCUT2D eigenvalue weighted by atomic mass is 9.97. The Labute approximate surface area is 248 Å². The van der Waals surface area contributed by atoms with Crippen molar-refractivity contribution < 1.29 is 74.1 Å². The largest absolute Gasteiger partial charge is 0.508 e. The monoisotopic (exact) mass is 624 g/mol. The highest BCUT2D eigenvalue weighted by Crippen LogP contribution is 2.40. The van der Waals surface area contributed by atoms with Gasteiger partial charge in [-0.1, -0.05) is 0 Å². The maximum absolute atomic E-state index is 13.8. The number of ether oxygens (including phenoxy) is 5. The van der Waals surface area contributed by atoms with Crippen molar-refractivity contribution in [1.29, 1.82) is 0 Å². The average molecular weight is 625 g/mol. The molecule has 3 aromatic rings. The number of hydrogen-bond acceptors (Lipinski definition) is 16. The molecule has 0 spiro atoms. The van der Waals surface area contributed by atoms with Gasteiger partial charge in [0.25, 0.3) is 0 Å². The highest BCUT2D eigenvalue weighted by molar-refractivity contribution is 5.88. The number of methoxy groups -OCH3 is 1. The molecule has 0 saturated carbocycles. The number of phenols is 3. The number of aromatic hydroxyl groups is 3. The van der Waals surface area contributed by atoms with Crippen LogP contribution in [0.2, 0.25) is 0 Å². The summed E-state index contributed by atoms with van der Waals surface area (Å²) in [7, 11) is 1.28. The van der Waals surface area contributed by atoms with Gasteiger partial charge in [-0.25, -0.2) is 0 Å². The fourth-order valence-corrected chi connectivity index (χ4v) is 5.08. The molecule has 2 fully saturated rings. The highest BCUT2D eigenvalue weighted by atomic mass is 16.8. The van der Waals surface area contributed by atoms with Gasteiger partial charge >= 0.3 is 0 Å². The van der Waals surface area contributed by atoms with Gasteiger partial charge in [-0.15, -0.1) is 0 Å². The summed E-state index contributed by atoms with van der Waals surface area (Å²) in [5, 5.41) is 92.3. The zero-order valence-corrected chi connectivity index (χ0v) is 23.3. The van der Waals surface area contributed by atoms with Crippen molar-refractivity contribution in [2.45, 2.75) is 68.3 Å². The first-order valence-corrected chi connectivity index (χ1v) is 13.4. The van der Waals surface area contributed by atoms with Gasteiger partial charge in [0.15, 0.2) is 29.7 Å². The van der Waals surface area contributed by atoms with Crippen LogP contribution in [0, 0.1) is 0 Å². The second kappa shape index (κ2) is 12.4. The fraction of sp³-hybridized carbons (Fsp3) is 0.464. The molecule has 2 aliphatic rings. The Morgan fingerprint density at radius 2 is 1.57 bits per heavy atom. The summed E-state index contributed by atoms with van der Waals surface area (Å²) in [4.78, 5) is 13.8. The topological polar surface area (TPSA) is 258 Å². The van der Waals surface area contributed by atoms with E-state index in [-0.39, 0.29) is 28.4 Å². The molecule has 5 rings (SSSR count). The van der Waals surface area contributed by atoms with Crippen LogP contribution in [0.5, 0.6) is 28.7 Å². The van der Waals surface area contributed by atoms with Crippen LogP contribution in [0.3, 0.4) is 0 Å². The third-order valence-electron chi connectivity index (χ3n) is 7.52. The molecule has 16 nitrogen and oxygen atoms in total. The quantitative estimate of drug-likeness (QED) is 0.147. The van der Waals surface area contributed by atoms with E-state index in [9.17, 15) is 50.8 Å². The number of aliphatic hydroxyl groups is 6. The summed E-state index contributed by atoms with van der Waals surface area (Å²) < 4.78 is 33.8. The first-order chi connectivity index (χ1) is 20.9. The molecule has 9 N–H and O–H groups in total. The van der Waals surface area contributed by atoms with Crippen LogP contribution in [-0.2, 0) is 14.2 Å². The molecule has 2 aliphatic heterocycles. The molecule has 16 heteroatoms. The Balaban J connectivity index is 1.63. The van der Waals surface area contributed by atoms with Gasteiger partial charge in [0.1, 0.15) is 59.1 Å². The Morgan fingerprint density at radius 1 is 0.841 bits per heavy atom. The Morgan fingerprint density at radius 3 is 2.25 bits per heavy atom. The van der Waals surface area contributed by atoms with E-state index in [1.165, 1.54) is 32.2 Å². The summed E-state index contributed by atoms with van der Waals surface area (Å²) in [5.41, 5.74) is -1.15. The number of aliphatic hydroxyl groups excluding tert-OH is 6. The molecule has 0 aliphatic carbocycles. The van der Waals surface area contributed by atoms with E-state index < -0.39 is 96.1 Å². The minimum Gasteiger partial charge on any atom is -0.508 e. The summed E-state index contributed by atoms with van der Waals surface area (Å²) in [6, 6.07) is 5.81. The number of hydrogen-bond donors (Lipinski definition) is 9. The van der Waals surface area contributed by atoms with Gasteiger partial charge < -0.3 is 74.1 Å². The second-order valence-corrected chi connectivity index (χ2v) is 10.4. The van der Waals surface area contributed by atoms with Crippen LogP contribution < -0.4 is 14.9 Å². The van der Waals surface area contributed by atoms with Gasteiger partial charge in [-0.2, -0.15) is 0 Å². The zero-order valence-electron chi connectivity index (χ0n) is 23.3. The molecule has 1 aromatic heterocycles. The summed E-state index contributed by atoms with van der Waals surface area (Å²) >= 11 is 0. The molecule has 2 saturated heterocycles. The molecular formula is C28H32O16. The van der Waals surface area contributed by atoms with Gasteiger partial charge in [-0.05, 0) is 25.1 Å². The van der Waals surface area contributed by atoms with Crippen LogP contribution in [0.1, 0.15) is 6.92 Å². The molecule has 44 heavy (non-hydrogen) atoms. The van der Waals surface area contributed by atoms with Crippen LogP contribution in [-0.4, -0.2) is 121 Å². The second-order valence-electron chi connectivity index (χ2n) is 10.4. The lowest BCUT2D eigenvalue weighted by molar-refractivity contribution is -0.354. The molecule has 10 atom stereocenters. The Kier molecular flexibility index (Phi) is 8.90. The SMILES string of the molecule is COc1cc(-c2oc3cc(O)cc(O)c3c(=O)c2OC2O[C@H](CO)[C@@H](O)[C@H](O)[C@H]2O[C@@H]2O[C@@H](C)[C@H](O)[C@@H](O)[C@H]2O)ccc1O. The van der Waals surface area contributed by atoms with Crippen LogP contribution in [0.25, 0.3) is 22.3 Å². The van der Waals surface area contributed by atoms with Crippen LogP contribution >= 0.6 is 0 Å². The number of rotatable bonds is 7. The molecule has 0 amide bonds. The van der Waals surface area contributed by atoms with Gasteiger partial charge in [0, 0.05) is 17.7 Å². The minimum absolute atomic E-state index is 0.0257. The van der Waals surface area contributed by atoms with Crippen molar-refractivity contribution in [2.24, 2.45) is 0 Å². The average Bonchev–Trinajstić information content (AvgIpc) is 2.99. The van der Waals surface area contributed by atoms with Gasteiger partial charge in [-0.3, -0.25) is 4.79 Å². The van der Waals surface area contributed by atoms with E-state index in [0.29, 0.717) is 0 Å². The van der Waals surface area contributed by atoms with Crippen molar-refractivity contribution in [1.82, 2.24) is 0 Å². The molecule has 3 heterocycles. The zero-order chi connectivity index (χ0) is 32.0. The minimum atomic E-state index is -1.89. The van der Waals surface area contributed by atoms with Crippen LogP contribution in [0.4, 0.5) is 0 Å². The van der Waals surface area contributed by atoms with Crippen LogP contribution in [0.15, 0.2) is 39.5 Å². The first-order valence-electron chi connectivity index (χ1n) is 13.4. The smallest absolute Gasteiger partial charge is 0.239 e. The highest BCUT2D eigenvalue weighted by Gasteiger charge is 2.51. The fourth-order valence-electron chi connectivity index (χ4n) is 5.08. The number of phenolic OH excluding ortho intramolecular Hbond substituents is 3. The maximum atomic E-state index is 13.8. The van der Waals surface area contributed by atoms with Crippen molar-refractivity contribution in [3.63, 3.8) is 0 Å². The lowest BCUT2D eigenvalue weighted by Crippen LogP contribution is -2.64. The normalized spacial score (nSPS) is 32.5. The van der Waals surface area contributed by atoms with Crippen molar-refractivity contribution in [3.05, 3.63) is 40.6 Å². The predicted octanol–water partition coefficient (Wildman–Crippen LogP) is -1.38. The molecule has 0 radical (unpaired) electrons. The van der Waals surface area contributed by atoms with Gasteiger partial charge in [0.2, 0.25) is 17.5 Å². The standard InChI is InChI=1S/C28H32O16/c1-9-18(33)21(36)23(38)27(40-9)44-26-22(37)19(34)16(8-29)42-28(26)43-25-20(35)17-13(32)6-11(30)7-15(17)41-24(25)10-3-4-12(31)14(5-10)39-2/h3-7,9,16,18-19,21-23,26-34,36-38H,8H2,1-2H3/t9-,16+,18-,19+,21+,22-,23+,26+,27-,28?/m0/s1. The van der Waals surface area contributed by atoms with E-state index in [1.54, 1.807) is 0 Å². The Bertz CT molecular complexity index is 1560. The summed E-state index contributed by atoms with van der Waals surface area (Å²) in [6.07, 6.45) is -16.5. The van der Waals surface area contributed by atoms with E-state index in [1.807, 2.05) is 0 Å². The number of fused-ring (bicyclic) bond motifs is 1. The third kappa shape index (κ3) is 5.63. The Hall–Kier alpha value is -3.71. The van der Waals surface area contributed by atoms with E-state index in [2.05, 4.69) is 0 Å². The van der Waals surface area contributed by atoms with Gasteiger partial charge in [0.05, 0.1) is 19.8 Å². The maximum Gasteiger partial charge on any atom is 0.239 e. The molecule has 2 aromatic carbocycles. The predicted molar refractivity (Wildman–Crippen MR) is 145 cm³/mol. The van der Waals surface area contributed by atoms with E-state index in [4.69, 9.17) is 28.1 Å². The summed E-state index contributed by atoms with van der Waals surface area (Å²) in [6.45, 7) is 0.570. The molecule has 0 bridgehead atoms. The lowest BCUT2D eigenvalue weighted by Gasteiger charge is -2.45. The van der Waals surface area contributed by atoms with E-state index in [0.717, 1.165) is 12.1 Å². The molecule has 240 valence electrons.